The van der Waals surface area contributed by atoms with Crippen LogP contribution in [0.15, 0.2) is 29.7 Å². The summed E-state index contributed by atoms with van der Waals surface area (Å²) in [4.78, 5) is 8.43. The average molecular weight is 311 g/mol. The van der Waals surface area contributed by atoms with Gasteiger partial charge in [-0.15, -0.1) is 11.8 Å². The van der Waals surface area contributed by atoms with E-state index in [1.54, 1.807) is 11.8 Å². The Morgan fingerprint density at radius 3 is 2.81 bits per heavy atom. The Bertz CT molecular complexity index is 454. The Labute approximate surface area is 131 Å². The van der Waals surface area contributed by atoms with Crippen LogP contribution in [0.1, 0.15) is 20.8 Å². The lowest BCUT2D eigenvalue weighted by Crippen LogP contribution is -2.36. The van der Waals surface area contributed by atoms with Crippen molar-refractivity contribution in [2.45, 2.75) is 38.0 Å². The standard InChI is InChI=1S/C15H25N3O2S/c1-11-16-12(17(5)6)7-8-18(11)13-10-21-14(20-13)9-19-15(2,3)4/h7-8,13-14H,1,9-10H2,2-6H3/t13-,14+/m1/s1. The van der Waals surface area contributed by atoms with Crippen molar-refractivity contribution in [3.8, 4) is 0 Å². The smallest absolute Gasteiger partial charge is 0.145 e. The van der Waals surface area contributed by atoms with Crippen LogP contribution in [0.5, 0.6) is 0 Å². The van der Waals surface area contributed by atoms with Gasteiger partial charge in [0.1, 0.15) is 23.3 Å². The van der Waals surface area contributed by atoms with E-state index in [1.165, 1.54) is 0 Å². The molecule has 21 heavy (non-hydrogen) atoms. The fraction of sp³-hybridized carbons (Fsp3) is 0.667. The number of amidine groups is 1. The van der Waals surface area contributed by atoms with Crippen molar-refractivity contribution in [3.05, 3.63) is 24.7 Å². The Balaban J connectivity index is 1.88. The molecule has 0 unspecified atom stereocenters. The van der Waals surface area contributed by atoms with Gasteiger partial charge in [0, 0.05) is 26.0 Å². The molecule has 2 heterocycles. The van der Waals surface area contributed by atoms with E-state index in [0.29, 0.717) is 12.4 Å². The molecule has 0 aliphatic carbocycles. The summed E-state index contributed by atoms with van der Waals surface area (Å²) in [5.41, 5.74) is -0.0729. The summed E-state index contributed by atoms with van der Waals surface area (Å²) in [6.45, 7) is 10.8. The Hall–Kier alpha value is -0.980. The summed E-state index contributed by atoms with van der Waals surface area (Å²) in [5.74, 6) is 2.49. The number of rotatable bonds is 3. The fourth-order valence-corrected chi connectivity index (χ4v) is 2.96. The van der Waals surface area contributed by atoms with E-state index in [-0.39, 0.29) is 17.3 Å². The SMILES string of the molecule is C=C1N=C(N(C)C)C=CN1[C@H]1CS[C@@H](COC(C)(C)C)O1. The van der Waals surface area contributed by atoms with Crippen molar-refractivity contribution in [2.24, 2.45) is 4.99 Å². The quantitative estimate of drug-likeness (QED) is 0.800. The van der Waals surface area contributed by atoms with Gasteiger partial charge in [0.05, 0.1) is 12.2 Å². The zero-order valence-corrected chi connectivity index (χ0v) is 14.3. The van der Waals surface area contributed by atoms with E-state index in [0.717, 1.165) is 11.6 Å². The second-order valence-electron chi connectivity index (χ2n) is 6.28. The van der Waals surface area contributed by atoms with Crippen LogP contribution in [0.3, 0.4) is 0 Å². The largest absolute Gasteiger partial charge is 0.372 e. The highest BCUT2D eigenvalue weighted by atomic mass is 32.2. The van der Waals surface area contributed by atoms with Crippen LogP contribution in [-0.4, -0.2) is 59.4 Å². The second kappa shape index (κ2) is 6.42. The fourth-order valence-electron chi connectivity index (χ4n) is 1.97. The third-order valence-corrected chi connectivity index (χ3v) is 4.18. The molecule has 0 aromatic rings. The summed E-state index contributed by atoms with van der Waals surface area (Å²) in [7, 11) is 3.93. The van der Waals surface area contributed by atoms with E-state index in [1.807, 2.05) is 36.2 Å². The van der Waals surface area contributed by atoms with Crippen LogP contribution in [0.2, 0.25) is 0 Å². The van der Waals surface area contributed by atoms with Gasteiger partial charge in [-0.05, 0) is 26.8 Å². The Morgan fingerprint density at radius 2 is 2.24 bits per heavy atom. The summed E-state index contributed by atoms with van der Waals surface area (Å²) in [6.07, 6.45) is 3.93. The average Bonchev–Trinajstić information content (AvgIpc) is 2.84. The van der Waals surface area contributed by atoms with E-state index in [4.69, 9.17) is 9.47 Å². The highest BCUT2D eigenvalue weighted by molar-refractivity contribution is 8.00. The van der Waals surface area contributed by atoms with Gasteiger partial charge in [0.2, 0.25) is 0 Å². The molecule has 2 aliphatic heterocycles. The van der Waals surface area contributed by atoms with Gasteiger partial charge in [0.15, 0.2) is 0 Å². The minimum Gasteiger partial charge on any atom is -0.372 e. The maximum Gasteiger partial charge on any atom is 0.145 e. The minimum absolute atomic E-state index is 0.0280. The summed E-state index contributed by atoms with van der Waals surface area (Å²) in [5, 5.41) is 0. The lowest BCUT2D eigenvalue weighted by molar-refractivity contribution is -0.0749. The predicted octanol–water partition coefficient (Wildman–Crippen LogP) is 2.48. The van der Waals surface area contributed by atoms with E-state index < -0.39 is 0 Å². The summed E-state index contributed by atoms with van der Waals surface area (Å²) in [6, 6.07) is 0. The van der Waals surface area contributed by atoms with Crippen LogP contribution in [0.25, 0.3) is 0 Å². The van der Waals surface area contributed by atoms with Crippen molar-refractivity contribution < 1.29 is 9.47 Å². The number of thioether (sulfide) groups is 1. The van der Waals surface area contributed by atoms with Gasteiger partial charge in [-0.25, -0.2) is 4.99 Å². The molecule has 0 amide bonds. The molecule has 1 fully saturated rings. The molecular weight excluding hydrogens is 286 g/mol. The monoisotopic (exact) mass is 311 g/mol. The maximum atomic E-state index is 6.03. The highest BCUT2D eigenvalue weighted by Gasteiger charge is 2.32. The van der Waals surface area contributed by atoms with E-state index >= 15 is 0 Å². The number of nitrogens with zero attached hydrogens (tertiary/aromatic N) is 3. The van der Waals surface area contributed by atoms with Crippen molar-refractivity contribution >= 4 is 17.6 Å². The minimum atomic E-state index is -0.137. The highest BCUT2D eigenvalue weighted by Crippen LogP contribution is 2.31. The van der Waals surface area contributed by atoms with Gasteiger partial charge < -0.3 is 19.3 Å². The van der Waals surface area contributed by atoms with Crippen LogP contribution in [-0.2, 0) is 9.47 Å². The molecule has 6 heteroatoms. The lowest BCUT2D eigenvalue weighted by Gasteiger charge is -2.30. The third kappa shape index (κ3) is 4.49. The third-order valence-electron chi connectivity index (χ3n) is 3.08. The first-order chi connectivity index (χ1) is 9.76. The van der Waals surface area contributed by atoms with E-state index in [9.17, 15) is 0 Å². The van der Waals surface area contributed by atoms with Gasteiger partial charge in [-0.3, -0.25) is 0 Å². The molecule has 2 rings (SSSR count). The molecule has 0 aromatic heterocycles. The first-order valence-electron chi connectivity index (χ1n) is 7.09. The number of ether oxygens (including phenoxy) is 2. The second-order valence-corrected chi connectivity index (χ2v) is 7.47. The lowest BCUT2D eigenvalue weighted by atomic mass is 10.2. The summed E-state index contributed by atoms with van der Waals surface area (Å²) >= 11 is 1.77. The van der Waals surface area contributed by atoms with Gasteiger partial charge in [-0.1, -0.05) is 6.58 Å². The maximum absolute atomic E-state index is 6.03. The normalized spacial score (nSPS) is 26.2. The van der Waals surface area contributed by atoms with Gasteiger partial charge >= 0.3 is 0 Å². The van der Waals surface area contributed by atoms with Crippen LogP contribution >= 0.6 is 11.8 Å². The molecule has 0 aromatic carbocycles. The molecule has 0 bridgehead atoms. The number of likely N-dealkylation sites (N-methyl/N-ethyl adjacent to an activating group) is 1. The zero-order chi connectivity index (χ0) is 15.6. The number of hydrogen-bond donors (Lipinski definition) is 0. The van der Waals surface area contributed by atoms with Crippen LogP contribution in [0.4, 0.5) is 0 Å². The zero-order valence-electron chi connectivity index (χ0n) is 13.5. The molecule has 0 saturated carbocycles. The number of hydrogen-bond acceptors (Lipinski definition) is 6. The molecular formula is C15H25N3O2S. The predicted molar refractivity (Wildman–Crippen MR) is 88.1 cm³/mol. The molecule has 0 spiro atoms. The summed E-state index contributed by atoms with van der Waals surface area (Å²) < 4.78 is 11.8. The van der Waals surface area contributed by atoms with Gasteiger partial charge in [-0.2, -0.15) is 0 Å². The van der Waals surface area contributed by atoms with Crippen molar-refractivity contribution in [2.75, 3.05) is 26.5 Å². The van der Waals surface area contributed by atoms with Crippen LogP contribution < -0.4 is 0 Å². The van der Waals surface area contributed by atoms with Crippen molar-refractivity contribution in [3.63, 3.8) is 0 Å². The molecule has 5 nitrogen and oxygen atoms in total. The molecule has 0 N–H and O–H groups in total. The Kier molecular flexibility index (Phi) is 5.01. The molecule has 1 saturated heterocycles. The number of aliphatic imine (C=N–C) groups is 1. The molecule has 2 atom stereocenters. The first kappa shape index (κ1) is 16.4. The topological polar surface area (TPSA) is 37.3 Å². The van der Waals surface area contributed by atoms with Crippen molar-refractivity contribution in [1.82, 2.24) is 9.80 Å². The van der Waals surface area contributed by atoms with E-state index in [2.05, 4.69) is 32.3 Å². The molecule has 118 valence electrons. The Morgan fingerprint density at radius 1 is 1.52 bits per heavy atom. The first-order valence-corrected chi connectivity index (χ1v) is 8.13. The van der Waals surface area contributed by atoms with Crippen molar-refractivity contribution in [1.29, 1.82) is 0 Å². The molecule has 2 aliphatic rings. The van der Waals surface area contributed by atoms with Gasteiger partial charge in [0.25, 0.3) is 0 Å². The molecule has 0 radical (unpaired) electrons. The van der Waals surface area contributed by atoms with Crippen LogP contribution in [0, 0.1) is 0 Å².